The Kier molecular flexibility index (Phi) is 4.03. The van der Waals surface area contributed by atoms with E-state index >= 15 is 0 Å². The van der Waals surface area contributed by atoms with Gasteiger partial charge in [0.1, 0.15) is 15.6 Å². The second kappa shape index (κ2) is 4.57. The molecule has 0 aromatic heterocycles. The van der Waals surface area contributed by atoms with Crippen LogP contribution in [-0.4, -0.2) is 38.8 Å². The predicted molar refractivity (Wildman–Crippen MR) is 61.0 cm³/mol. The van der Waals surface area contributed by atoms with Crippen molar-refractivity contribution in [2.45, 2.75) is 25.5 Å². The van der Waals surface area contributed by atoms with E-state index in [0.29, 0.717) is 17.4 Å². The van der Waals surface area contributed by atoms with Crippen molar-refractivity contribution in [3.8, 4) is 0 Å². The minimum absolute atomic E-state index is 0. The zero-order valence-corrected chi connectivity index (χ0v) is 10.5. The van der Waals surface area contributed by atoms with Crippen molar-refractivity contribution in [3.05, 3.63) is 0 Å². The topological polar surface area (TPSA) is 55.4 Å². The van der Waals surface area contributed by atoms with Gasteiger partial charge >= 0.3 is 0 Å². The number of hydrogen-bond acceptors (Lipinski definition) is 4. The molecule has 2 saturated heterocycles. The second-order valence-corrected chi connectivity index (χ2v) is 6.61. The minimum Gasteiger partial charge on any atom is -0.359 e. The second-order valence-electron chi connectivity index (χ2n) is 4.31. The molecule has 2 heterocycles. The van der Waals surface area contributed by atoms with Crippen molar-refractivity contribution in [2.24, 2.45) is 5.92 Å². The third-order valence-corrected chi connectivity index (χ3v) is 5.03. The fraction of sp³-hybridized carbons (Fsp3) is 1.00. The van der Waals surface area contributed by atoms with Crippen molar-refractivity contribution >= 4 is 22.2 Å². The monoisotopic (exact) mass is 255 g/mol. The first-order chi connectivity index (χ1) is 6.52. The molecule has 2 fully saturated rings. The Bertz CT molecular complexity index is 297. The molecule has 6 heteroatoms. The van der Waals surface area contributed by atoms with Crippen LogP contribution >= 0.6 is 12.4 Å². The lowest BCUT2D eigenvalue weighted by atomic mass is 9.91. The molecule has 2 aliphatic rings. The van der Waals surface area contributed by atoms with Gasteiger partial charge < -0.3 is 4.74 Å². The molecule has 1 unspecified atom stereocenters. The first-order valence-corrected chi connectivity index (χ1v) is 6.93. The van der Waals surface area contributed by atoms with Crippen LogP contribution in [0.1, 0.15) is 19.8 Å². The molecule has 0 saturated carbocycles. The smallest absolute Gasteiger partial charge is 0.150 e. The highest BCUT2D eigenvalue weighted by Crippen LogP contribution is 2.31. The molecular weight excluding hydrogens is 238 g/mol. The lowest BCUT2D eigenvalue weighted by molar-refractivity contribution is -0.0461. The van der Waals surface area contributed by atoms with Crippen LogP contribution in [-0.2, 0) is 14.6 Å². The zero-order chi connectivity index (χ0) is 10.2. The Hall–Kier alpha value is 0.160. The zero-order valence-electron chi connectivity index (χ0n) is 8.86. The first kappa shape index (κ1) is 13.2. The van der Waals surface area contributed by atoms with Crippen LogP contribution in [0.15, 0.2) is 0 Å². The summed E-state index contributed by atoms with van der Waals surface area (Å²) in [5.41, 5.74) is -0.282. The summed E-state index contributed by atoms with van der Waals surface area (Å²) in [5, 5.41) is 3.31. The van der Waals surface area contributed by atoms with Crippen molar-refractivity contribution in [1.82, 2.24) is 5.32 Å². The van der Waals surface area contributed by atoms with Gasteiger partial charge in [-0.2, -0.15) is 0 Å². The number of sulfone groups is 1. The van der Waals surface area contributed by atoms with Gasteiger partial charge in [0.15, 0.2) is 0 Å². The van der Waals surface area contributed by atoms with Crippen LogP contribution in [0.4, 0.5) is 0 Å². The Labute approximate surface area is 97.1 Å². The highest BCUT2D eigenvalue weighted by Gasteiger charge is 2.40. The van der Waals surface area contributed by atoms with Crippen LogP contribution in [0.5, 0.6) is 0 Å². The fourth-order valence-electron chi connectivity index (χ4n) is 2.32. The lowest BCUT2D eigenvalue weighted by Gasteiger charge is -2.35. The van der Waals surface area contributed by atoms with Crippen molar-refractivity contribution in [1.29, 1.82) is 0 Å². The van der Waals surface area contributed by atoms with E-state index in [1.165, 1.54) is 0 Å². The van der Waals surface area contributed by atoms with E-state index in [9.17, 15) is 8.42 Å². The Morgan fingerprint density at radius 3 is 2.40 bits per heavy atom. The van der Waals surface area contributed by atoms with E-state index < -0.39 is 9.84 Å². The average molecular weight is 256 g/mol. The maximum atomic E-state index is 11.3. The lowest BCUT2D eigenvalue weighted by Crippen LogP contribution is -2.48. The molecule has 0 radical (unpaired) electrons. The van der Waals surface area contributed by atoms with E-state index in [1.807, 2.05) is 6.92 Å². The quantitative estimate of drug-likeness (QED) is 0.744. The molecule has 2 rings (SSSR count). The van der Waals surface area contributed by atoms with Crippen LogP contribution in [0.25, 0.3) is 0 Å². The number of halogens is 1. The highest BCUT2D eigenvalue weighted by atomic mass is 35.5. The fourth-order valence-corrected chi connectivity index (χ4v) is 3.81. The molecule has 0 aromatic rings. The summed E-state index contributed by atoms with van der Waals surface area (Å²) in [4.78, 5) is 0. The summed E-state index contributed by atoms with van der Waals surface area (Å²) in [5.74, 6) is 0.977. The van der Waals surface area contributed by atoms with Crippen molar-refractivity contribution in [2.75, 3.05) is 24.7 Å². The maximum Gasteiger partial charge on any atom is 0.150 e. The predicted octanol–water partition coefficient (Wildman–Crippen LogP) is 0.569. The minimum atomic E-state index is -2.76. The normalized spacial score (nSPS) is 36.1. The Balaban J connectivity index is 0.00000112. The van der Waals surface area contributed by atoms with E-state index in [-0.39, 0.29) is 18.1 Å². The van der Waals surface area contributed by atoms with Gasteiger partial charge in [0.05, 0.1) is 18.1 Å². The molecule has 0 spiro atoms. The molecule has 4 nitrogen and oxygen atoms in total. The Morgan fingerprint density at radius 2 is 1.93 bits per heavy atom. The van der Waals surface area contributed by atoms with E-state index in [1.54, 1.807) is 0 Å². The summed E-state index contributed by atoms with van der Waals surface area (Å²) in [7, 11) is -2.76. The van der Waals surface area contributed by atoms with Gasteiger partial charge in [-0.25, -0.2) is 8.42 Å². The highest BCUT2D eigenvalue weighted by molar-refractivity contribution is 7.91. The number of nitrogens with one attached hydrogen (secondary N) is 1. The Morgan fingerprint density at radius 1 is 1.33 bits per heavy atom. The third kappa shape index (κ3) is 2.84. The van der Waals surface area contributed by atoms with Gasteiger partial charge in [-0.15, -0.1) is 12.4 Å². The molecule has 0 bridgehead atoms. The summed E-state index contributed by atoms with van der Waals surface area (Å²) in [6.07, 6.45) is 1.46. The van der Waals surface area contributed by atoms with Gasteiger partial charge in [0.25, 0.3) is 0 Å². The number of hydrogen-bond donors (Lipinski definition) is 1. The van der Waals surface area contributed by atoms with Gasteiger partial charge in [0.2, 0.25) is 0 Å². The standard InChI is InChI=1S/C9H17NO3S.ClH/c1-9(10-4-5-13-9)8-2-6-14(11,12)7-3-8;/h8,10H,2-7H2,1H3;1H. The molecule has 0 aromatic carbocycles. The molecule has 0 amide bonds. The van der Waals surface area contributed by atoms with E-state index in [4.69, 9.17) is 4.74 Å². The summed E-state index contributed by atoms with van der Waals surface area (Å²) < 4.78 is 28.2. The number of ether oxygens (including phenoxy) is 1. The van der Waals surface area contributed by atoms with Gasteiger partial charge in [-0.05, 0) is 19.8 Å². The SMILES string of the molecule is CC1(C2CCS(=O)(=O)CC2)NCCO1.Cl. The van der Waals surface area contributed by atoms with E-state index in [0.717, 1.165) is 26.0 Å². The largest absolute Gasteiger partial charge is 0.359 e. The summed E-state index contributed by atoms with van der Waals surface area (Å²) in [6, 6.07) is 0. The van der Waals surface area contributed by atoms with Gasteiger partial charge in [0, 0.05) is 12.5 Å². The van der Waals surface area contributed by atoms with Crippen LogP contribution < -0.4 is 5.32 Å². The summed E-state index contributed by atoms with van der Waals surface area (Å²) >= 11 is 0. The molecule has 1 atom stereocenters. The van der Waals surface area contributed by atoms with Gasteiger partial charge in [-0.1, -0.05) is 0 Å². The molecule has 2 aliphatic heterocycles. The van der Waals surface area contributed by atoms with Gasteiger partial charge in [-0.3, -0.25) is 5.32 Å². The molecule has 90 valence electrons. The van der Waals surface area contributed by atoms with Crippen molar-refractivity contribution < 1.29 is 13.2 Å². The van der Waals surface area contributed by atoms with Crippen LogP contribution in [0, 0.1) is 5.92 Å². The maximum absolute atomic E-state index is 11.3. The molecule has 0 aliphatic carbocycles. The van der Waals surface area contributed by atoms with Crippen LogP contribution in [0.3, 0.4) is 0 Å². The molecular formula is C9H18ClNO3S. The van der Waals surface area contributed by atoms with Crippen molar-refractivity contribution in [3.63, 3.8) is 0 Å². The molecule has 15 heavy (non-hydrogen) atoms. The summed E-state index contributed by atoms with van der Waals surface area (Å²) in [6.45, 7) is 3.64. The first-order valence-electron chi connectivity index (χ1n) is 5.11. The molecule has 1 N–H and O–H groups in total. The number of rotatable bonds is 1. The van der Waals surface area contributed by atoms with E-state index in [2.05, 4.69) is 5.32 Å². The van der Waals surface area contributed by atoms with Crippen LogP contribution in [0.2, 0.25) is 0 Å². The average Bonchev–Trinajstić information content (AvgIpc) is 2.53. The third-order valence-electron chi connectivity index (χ3n) is 3.31.